The molecular formula is C16H23N5O. The second kappa shape index (κ2) is 6.44. The molecule has 1 fully saturated rings. The van der Waals surface area contributed by atoms with Gasteiger partial charge in [0.05, 0.1) is 12.6 Å². The van der Waals surface area contributed by atoms with Crippen molar-refractivity contribution in [2.24, 2.45) is 0 Å². The fraction of sp³-hybridized carbons (Fsp3) is 0.562. The minimum Gasteiger partial charge on any atom is -0.492 e. The number of rotatable bonds is 7. The van der Waals surface area contributed by atoms with Gasteiger partial charge in [-0.25, -0.2) is 4.68 Å². The van der Waals surface area contributed by atoms with E-state index < -0.39 is 0 Å². The van der Waals surface area contributed by atoms with E-state index in [1.165, 1.54) is 24.0 Å². The normalized spacial score (nSPS) is 14.5. The fourth-order valence-corrected chi connectivity index (χ4v) is 2.58. The average Bonchev–Trinajstić information content (AvgIpc) is 3.18. The minimum absolute atomic E-state index is 0.518. The van der Waals surface area contributed by atoms with E-state index in [1.54, 1.807) is 0 Å². The Bertz CT molecular complexity index is 615. The number of aryl methyl sites for hydroxylation is 2. The Balaban J connectivity index is 1.47. The van der Waals surface area contributed by atoms with E-state index in [0.29, 0.717) is 12.6 Å². The molecule has 0 radical (unpaired) electrons. The molecule has 1 aromatic heterocycles. The third-order valence-corrected chi connectivity index (χ3v) is 3.80. The van der Waals surface area contributed by atoms with E-state index in [1.807, 2.05) is 4.68 Å². The molecule has 1 aliphatic rings. The third-order valence-electron chi connectivity index (χ3n) is 3.80. The number of aromatic nitrogens is 4. The van der Waals surface area contributed by atoms with E-state index in [9.17, 15) is 0 Å². The van der Waals surface area contributed by atoms with Crippen LogP contribution < -0.4 is 4.74 Å². The van der Waals surface area contributed by atoms with Gasteiger partial charge in [-0.15, -0.1) is 5.10 Å². The molecule has 22 heavy (non-hydrogen) atoms. The zero-order chi connectivity index (χ0) is 15.5. The van der Waals surface area contributed by atoms with Gasteiger partial charge in [-0.05, 0) is 67.4 Å². The standard InChI is InChI=1S/C16H23N5O/c1-12-8-13(2)10-15(9-12)22-7-6-20(3)11-16-17-18-19-21(16)14-4-5-14/h8-10,14H,4-7,11H2,1-3H3. The number of tetrazole rings is 1. The highest BCUT2D eigenvalue weighted by Gasteiger charge is 2.27. The number of likely N-dealkylation sites (N-methyl/N-ethyl adjacent to an activating group) is 1. The van der Waals surface area contributed by atoms with Gasteiger partial charge in [0, 0.05) is 6.54 Å². The van der Waals surface area contributed by atoms with E-state index >= 15 is 0 Å². The Morgan fingerprint density at radius 1 is 1.23 bits per heavy atom. The van der Waals surface area contributed by atoms with E-state index in [0.717, 1.165) is 24.7 Å². The van der Waals surface area contributed by atoms with Crippen LogP contribution in [0.3, 0.4) is 0 Å². The third kappa shape index (κ3) is 3.82. The number of hydrogen-bond acceptors (Lipinski definition) is 5. The summed E-state index contributed by atoms with van der Waals surface area (Å²) in [5.74, 6) is 1.88. The van der Waals surface area contributed by atoms with Crippen LogP contribution in [0.15, 0.2) is 18.2 Å². The van der Waals surface area contributed by atoms with Gasteiger partial charge in [0.25, 0.3) is 0 Å². The first-order chi connectivity index (χ1) is 10.6. The lowest BCUT2D eigenvalue weighted by atomic mass is 10.1. The quantitative estimate of drug-likeness (QED) is 0.784. The monoisotopic (exact) mass is 301 g/mol. The molecule has 3 rings (SSSR count). The molecule has 6 nitrogen and oxygen atoms in total. The topological polar surface area (TPSA) is 56.1 Å². The fourth-order valence-electron chi connectivity index (χ4n) is 2.58. The van der Waals surface area contributed by atoms with Gasteiger partial charge in [-0.2, -0.15) is 0 Å². The van der Waals surface area contributed by atoms with Crippen molar-refractivity contribution in [3.8, 4) is 5.75 Å². The molecule has 0 aliphatic heterocycles. The summed E-state index contributed by atoms with van der Waals surface area (Å²) in [6.45, 7) is 6.42. The molecule has 6 heteroatoms. The minimum atomic E-state index is 0.518. The predicted octanol–water partition coefficient (Wildman–Crippen LogP) is 2.14. The maximum atomic E-state index is 5.85. The van der Waals surface area contributed by atoms with Crippen LogP contribution in [0, 0.1) is 13.8 Å². The lowest BCUT2D eigenvalue weighted by Gasteiger charge is -2.16. The van der Waals surface area contributed by atoms with E-state index in [2.05, 4.69) is 59.5 Å². The summed E-state index contributed by atoms with van der Waals surface area (Å²) in [5.41, 5.74) is 2.46. The molecule has 0 atom stereocenters. The molecule has 1 aliphatic carbocycles. The lowest BCUT2D eigenvalue weighted by molar-refractivity contribution is 0.227. The van der Waals surface area contributed by atoms with Gasteiger partial charge in [-0.1, -0.05) is 6.07 Å². The van der Waals surface area contributed by atoms with Crippen LogP contribution in [-0.4, -0.2) is 45.3 Å². The highest BCUT2D eigenvalue weighted by atomic mass is 16.5. The van der Waals surface area contributed by atoms with Gasteiger partial charge < -0.3 is 4.74 Å². The van der Waals surface area contributed by atoms with Crippen LogP contribution in [0.5, 0.6) is 5.75 Å². The Labute approximate surface area is 131 Å². The highest BCUT2D eigenvalue weighted by molar-refractivity contribution is 5.32. The van der Waals surface area contributed by atoms with Gasteiger partial charge >= 0.3 is 0 Å². The Kier molecular flexibility index (Phi) is 4.38. The summed E-state index contributed by atoms with van der Waals surface area (Å²) in [4.78, 5) is 2.19. The molecule has 0 N–H and O–H groups in total. The van der Waals surface area contributed by atoms with E-state index in [4.69, 9.17) is 4.74 Å². The first kappa shape index (κ1) is 15.0. The van der Waals surface area contributed by atoms with Crippen LogP contribution in [0.2, 0.25) is 0 Å². The molecule has 0 amide bonds. The van der Waals surface area contributed by atoms with Crippen molar-refractivity contribution in [2.45, 2.75) is 39.3 Å². The number of nitrogens with zero attached hydrogens (tertiary/aromatic N) is 5. The molecule has 0 bridgehead atoms. The first-order valence-corrected chi connectivity index (χ1v) is 7.78. The Morgan fingerprint density at radius 3 is 2.64 bits per heavy atom. The maximum Gasteiger partial charge on any atom is 0.165 e. The smallest absolute Gasteiger partial charge is 0.165 e. The van der Waals surface area contributed by atoms with Crippen molar-refractivity contribution in [2.75, 3.05) is 20.2 Å². The molecule has 1 aromatic carbocycles. The summed E-state index contributed by atoms with van der Waals surface area (Å²) in [6, 6.07) is 6.81. The van der Waals surface area contributed by atoms with Gasteiger partial charge in [0.15, 0.2) is 5.82 Å². The van der Waals surface area contributed by atoms with Crippen molar-refractivity contribution < 1.29 is 4.74 Å². The van der Waals surface area contributed by atoms with Crippen LogP contribution in [0.4, 0.5) is 0 Å². The molecule has 0 saturated heterocycles. The SMILES string of the molecule is Cc1cc(C)cc(OCCN(C)Cc2nnnn2C2CC2)c1. The number of ether oxygens (including phenoxy) is 1. The molecule has 0 spiro atoms. The van der Waals surface area contributed by atoms with Crippen molar-refractivity contribution in [1.29, 1.82) is 0 Å². The molecule has 118 valence electrons. The Morgan fingerprint density at radius 2 is 1.95 bits per heavy atom. The van der Waals surface area contributed by atoms with Crippen LogP contribution in [0.1, 0.15) is 35.8 Å². The van der Waals surface area contributed by atoms with Gasteiger partial charge in [0.2, 0.25) is 0 Å². The highest BCUT2D eigenvalue weighted by Crippen LogP contribution is 2.34. The zero-order valence-electron chi connectivity index (χ0n) is 13.5. The summed E-state index contributed by atoms with van der Waals surface area (Å²) >= 11 is 0. The summed E-state index contributed by atoms with van der Waals surface area (Å²) in [6.07, 6.45) is 2.38. The molecule has 0 unspecified atom stereocenters. The molecule has 1 heterocycles. The molecule has 2 aromatic rings. The lowest BCUT2D eigenvalue weighted by Crippen LogP contribution is -2.25. The average molecular weight is 301 g/mol. The number of hydrogen-bond donors (Lipinski definition) is 0. The van der Waals surface area contributed by atoms with Crippen LogP contribution in [0.25, 0.3) is 0 Å². The van der Waals surface area contributed by atoms with Crippen LogP contribution in [-0.2, 0) is 6.54 Å². The molecule has 1 saturated carbocycles. The summed E-state index contributed by atoms with van der Waals surface area (Å²) in [5, 5.41) is 12.0. The predicted molar refractivity (Wildman–Crippen MR) is 83.8 cm³/mol. The Hall–Kier alpha value is -1.95. The largest absolute Gasteiger partial charge is 0.492 e. The van der Waals surface area contributed by atoms with Gasteiger partial charge in [0.1, 0.15) is 12.4 Å². The van der Waals surface area contributed by atoms with Crippen molar-refractivity contribution in [1.82, 2.24) is 25.1 Å². The van der Waals surface area contributed by atoms with Crippen molar-refractivity contribution in [3.05, 3.63) is 35.2 Å². The number of benzene rings is 1. The van der Waals surface area contributed by atoms with Crippen molar-refractivity contribution >= 4 is 0 Å². The second-order valence-corrected chi connectivity index (χ2v) is 6.18. The zero-order valence-corrected chi connectivity index (χ0v) is 13.5. The second-order valence-electron chi connectivity index (χ2n) is 6.18. The van der Waals surface area contributed by atoms with Crippen LogP contribution >= 0.6 is 0 Å². The summed E-state index contributed by atoms with van der Waals surface area (Å²) < 4.78 is 7.81. The summed E-state index contributed by atoms with van der Waals surface area (Å²) in [7, 11) is 2.07. The molecular weight excluding hydrogens is 278 g/mol. The first-order valence-electron chi connectivity index (χ1n) is 7.78. The van der Waals surface area contributed by atoms with E-state index in [-0.39, 0.29) is 0 Å². The van der Waals surface area contributed by atoms with Gasteiger partial charge in [-0.3, -0.25) is 4.90 Å². The maximum absolute atomic E-state index is 5.85. The van der Waals surface area contributed by atoms with Crippen molar-refractivity contribution in [3.63, 3.8) is 0 Å².